The molecule has 0 saturated heterocycles. The molecule has 2 aromatic rings. The van der Waals surface area contributed by atoms with Gasteiger partial charge in [-0.05, 0) is 41.6 Å². The van der Waals surface area contributed by atoms with Gasteiger partial charge in [0.15, 0.2) is 0 Å². The monoisotopic (exact) mass is 275 g/mol. The van der Waals surface area contributed by atoms with Crippen molar-refractivity contribution in [3.05, 3.63) is 60.2 Å². The Hall–Kier alpha value is -1.39. The van der Waals surface area contributed by atoms with Crippen LogP contribution in [0.15, 0.2) is 64.4 Å². The molecule has 0 aliphatic carbocycles. The maximum absolute atomic E-state index is 10.7. The third-order valence-corrected chi connectivity index (χ3v) is 4.08. The molecule has 2 rings (SSSR count). The van der Waals surface area contributed by atoms with E-state index in [0.717, 1.165) is 22.4 Å². The lowest BCUT2D eigenvalue weighted by Gasteiger charge is -2.03. The summed E-state index contributed by atoms with van der Waals surface area (Å²) in [7, 11) is 0. The van der Waals surface area contributed by atoms with E-state index in [-0.39, 0.29) is 5.24 Å². The quantitative estimate of drug-likeness (QED) is 0.852. The fourth-order valence-electron chi connectivity index (χ4n) is 1.46. The first kappa shape index (κ1) is 13.1. The smallest absolute Gasteiger partial charge is 0.281 e. The van der Waals surface area contributed by atoms with Crippen molar-refractivity contribution in [1.29, 1.82) is 0 Å². The van der Waals surface area contributed by atoms with E-state index >= 15 is 0 Å². The van der Waals surface area contributed by atoms with Crippen LogP contribution in [0.4, 0.5) is 4.79 Å². The second-order valence-electron chi connectivity index (χ2n) is 3.67. The molecule has 0 unspecified atom stereocenters. The summed E-state index contributed by atoms with van der Waals surface area (Å²) in [6.07, 6.45) is 0. The molecule has 0 fully saturated rings. The number of nitrogens with two attached hydrogens (primary N) is 1. The van der Waals surface area contributed by atoms with Crippen LogP contribution in [-0.4, -0.2) is 5.24 Å². The van der Waals surface area contributed by atoms with Gasteiger partial charge in [0, 0.05) is 15.5 Å². The van der Waals surface area contributed by atoms with E-state index in [4.69, 9.17) is 5.73 Å². The predicted octanol–water partition coefficient (Wildman–Crippen LogP) is 4.15. The Balaban J connectivity index is 1.92. The normalized spacial score (nSPS) is 10.2. The van der Waals surface area contributed by atoms with E-state index in [1.54, 1.807) is 11.8 Å². The third kappa shape index (κ3) is 4.13. The summed E-state index contributed by atoms with van der Waals surface area (Å²) in [5.41, 5.74) is 6.42. The zero-order chi connectivity index (χ0) is 12.8. The van der Waals surface area contributed by atoms with E-state index in [0.29, 0.717) is 0 Å². The Morgan fingerprint density at radius 2 is 1.56 bits per heavy atom. The molecule has 2 N–H and O–H groups in total. The van der Waals surface area contributed by atoms with E-state index in [2.05, 4.69) is 12.1 Å². The molecule has 0 bridgehead atoms. The molecule has 0 aliphatic rings. The molecular formula is C14H13NOS2. The Morgan fingerprint density at radius 1 is 0.944 bits per heavy atom. The Labute approximate surface area is 115 Å². The van der Waals surface area contributed by atoms with Crippen molar-refractivity contribution in [3.8, 4) is 0 Å². The number of benzene rings is 2. The topological polar surface area (TPSA) is 43.1 Å². The van der Waals surface area contributed by atoms with Gasteiger partial charge in [-0.2, -0.15) is 0 Å². The van der Waals surface area contributed by atoms with Crippen LogP contribution in [0.2, 0.25) is 0 Å². The molecule has 0 radical (unpaired) electrons. The van der Waals surface area contributed by atoms with Crippen LogP contribution in [0.3, 0.4) is 0 Å². The van der Waals surface area contributed by atoms with Gasteiger partial charge in [-0.3, -0.25) is 4.79 Å². The minimum atomic E-state index is -0.375. The Bertz CT molecular complexity index is 511. The molecule has 0 aliphatic heterocycles. The molecule has 4 heteroatoms. The molecule has 1 amide bonds. The highest BCUT2D eigenvalue weighted by molar-refractivity contribution is 8.13. The lowest BCUT2D eigenvalue weighted by atomic mass is 10.2. The maximum atomic E-state index is 10.7. The first-order chi connectivity index (χ1) is 8.74. The SMILES string of the molecule is NC(=O)Sc1ccc(SCc2ccccc2)cc1. The highest BCUT2D eigenvalue weighted by Crippen LogP contribution is 2.25. The average molecular weight is 275 g/mol. The van der Waals surface area contributed by atoms with Gasteiger partial charge in [-0.15, -0.1) is 11.8 Å². The molecule has 0 aromatic heterocycles. The molecule has 0 atom stereocenters. The summed E-state index contributed by atoms with van der Waals surface area (Å²) < 4.78 is 0. The lowest BCUT2D eigenvalue weighted by Crippen LogP contribution is -2.01. The van der Waals surface area contributed by atoms with E-state index in [9.17, 15) is 4.79 Å². The minimum Gasteiger partial charge on any atom is -0.360 e. The number of hydrogen-bond donors (Lipinski definition) is 1. The summed E-state index contributed by atoms with van der Waals surface area (Å²) in [4.78, 5) is 12.8. The molecule has 2 nitrogen and oxygen atoms in total. The van der Waals surface area contributed by atoms with Crippen molar-refractivity contribution in [2.75, 3.05) is 0 Å². The Kier molecular flexibility index (Phi) is 4.73. The van der Waals surface area contributed by atoms with Gasteiger partial charge in [0.1, 0.15) is 0 Å². The molecule has 0 spiro atoms. The van der Waals surface area contributed by atoms with Crippen LogP contribution >= 0.6 is 23.5 Å². The molecule has 0 heterocycles. The van der Waals surface area contributed by atoms with Crippen LogP contribution in [0.5, 0.6) is 0 Å². The van der Waals surface area contributed by atoms with Gasteiger partial charge >= 0.3 is 0 Å². The molecule has 0 saturated carbocycles. The second kappa shape index (κ2) is 6.52. The highest BCUT2D eigenvalue weighted by Gasteiger charge is 2.00. The first-order valence-corrected chi connectivity index (χ1v) is 7.28. The van der Waals surface area contributed by atoms with E-state index in [1.165, 1.54) is 10.5 Å². The van der Waals surface area contributed by atoms with Crippen molar-refractivity contribution in [2.45, 2.75) is 15.5 Å². The maximum Gasteiger partial charge on any atom is 0.281 e. The van der Waals surface area contributed by atoms with Crippen molar-refractivity contribution in [3.63, 3.8) is 0 Å². The van der Waals surface area contributed by atoms with Crippen molar-refractivity contribution < 1.29 is 4.79 Å². The fourth-order valence-corrected chi connectivity index (χ4v) is 2.82. The molecule has 18 heavy (non-hydrogen) atoms. The zero-order valence-electron chi connectivity index (χ0n) is 9.71. The van der Waals surface area contributed by atoms with Crippen molar-refractivity contribution >= 4 is 28.8 Å². The summed E-state index contributed by atoms with van der Waals surface area (Å²) >= 11 is 2.83. The number of carbonyl (C=O) groups excluding carboxylic acids is 1. The summed E-state index contributed by atoms with van der Waals surface area (Å²) in [6, 6.07) is 18.2. The summed E-state index contributed by atoms with van der Waals surface area (Å²) in [6.45, 7) is 0. The van der Waals surface area contributed by atoms with Crippen molar-refractivity contribution in [1.82, 2.24) is 0 Å². The number of rotatable bonds is 4. The van der Waals surface area contributed by atoms with Gasteiger partial charge in [0.2, 0.25) is 0 Å². The van der Waals surface area contributed by atoms with Crippen LogP contribution < -0.4 is 5.73 Å². The van der Waals surface area contributed by atoms with Crippen LogP contribution in [-0.2, 0) is 5.75 Å². The largest absolute Gasteiger partial charge is 0.360 e. The van der Waals surface area contributed by atoms with Crippen LogP contribution in [0.1, 0.15) is 5.56 Å². The minimum absolute atomic E-state index is 0.375. The number of carbonyl (C=O) groups is 1. The zero-order valence-corrected chi connectivity index (χ0v) is 11.3. The van der Waals surface area contributed by atoms with Gasteiger partial charge < -0.3 is 5.73 Å². The average Bonchev–Trinajstić information content (AvgIpc) is 2.38. The van der Waals surface area contributed by atoms with Gasteiger partial charge in [-0.25, -0.2) is 0 Å². The molecule has 92 valence electrons. The van der Waals surface area contributed by atoms with Gasteiger partial charge in [0.05, 0.1) is 0 Å². The third-order valence-electron chi connectivity index (χ3n) is 2.29. The highest BCUT2D eigenvalue weighted by atomic mass is 32.2. The number of amides is 1. The molecule has 2 aromatic carbocycles. The Morgan fingerprint density at radius 3 is 2.17 bits per heavy atom. The van der Waals surface area contributed by atoms with E-state index in [1.807, 2.05) is 42.5 Å². The predicted molar refractivity (Wildman–Crippen MR) is 77.9 cm³/mol. The van der Waals surface area contributed by atoms with Crippen LogP contribution in [0.25, 0.3) is 0 Å². The van der Waals surface area contributed by atoms with Gasteiger partial charge in [0.25, 0.3) is 5.24 Å². The summed E-state index contributed by atoms with van der Waals surface area (Å²) in [5.74, 6) is 0.948. The molecular weight excluding hydrogens is 262 g/mol. The van der Waals surface area contributed by atoms with Gasteiger partial charge in [-0.1, -0.05) is 30.3 Å². The number of primary amides is 1. The van der Waals surface area contributed by atoms with Crippen LogP contribution in [0, 0.1) is 0 Å². The number of thioether (sulfide) groups is 2. The second-order valence-corrected chi connectivity index (χ2v) is 5.79. The standard InChI is InChI=1S/C14H13NOS2/c15-14(16)18-13-8-6-12(7-9-13)17-10-11-4-2-1-3-5-11/h1-9H,10H2,(H2,15,16). The van der Waals surface area contributed by atoms with E-state index < -0.39 is 0 Å². The summed E-state index contributed by atoms with van der Waals surface area (Å²) in [5, 5.41) is -0.375. The fraction of sp³-hybridized carbons (Fsp3) is 0.0714. The number of hydrogen-bond acceptors (Lipinski definition) is 3. The lowest BCUT2D eigenvalue weighted by molar-refractivity contribution is 0.267. The van der Waals surface area contributed by atoms with Crippen molar-refractivity contribution in [2.24, 2.45) is 5.73 Å². The first-order valence-electron chi connectivity index (χ1n) is 5.48.